The molecule has 1 aliphatic rings. The third-order valence-corrected chi connectivity index (χ3v) is 5.57. The highest BCUT2D eigenvalue weighted by atomic mass is 16.5. The van der Waals surface area contributed by atoms with Crippen LogP contribution in [0, 0.1) is 0 Å². The van der Waals surface area contributed by atoms with Gasteiger partial charge < -0.3 is 10.1 Å². The van der Waals surface area contributed by atoms with Gasteiger partial charge in [-0.1, -0.05) is 38.7 Å². The van der Waals surface area contributed by atoms with Gasteiger partial charge in [-0.25, -0.2) is 4.98 Å². The average Bonchev–Trinajstić information content (AvgIpc) is 3.12. The fourth-order valence-corrected chi connectivity index (χ4v) is 3.96. The lowest BCUT2D eigenvalue weighted by Gasteiger charge is -2.24. The van der Waals surface area contributed by atoms with Gasteiger partial charge in [-0.2, -0.15) is 0 Å². The van der Waals surface area contributed by atoms with E-state index in [0.29, 0.717) is 18.2 Å². The van der Waals surface area contributed by atoms with Gasteiger partial charge in [0.2, 0.25) is 0 Å². The van der Waals surface area contributed by atoms with Crippen LogP contribution in [0.4, 0.5) is 5.82 Å². The molecule has 0 aliphatic heterocycles. The first-order chi connectivity index (χ1) is 14.2. The minimum absolute atomic E-state index is 0.174. The van der Waals surface area contributed by atoms with Gasteiger partial charge in [-0.3, -0.25) is 9.20 Å². The number of pyridine rings is 1. The zero-order valence-corrected chi connectivity index (χ0v) is 17.1. The lowest BCUT2D eigenvalue weighted by Crippen LogP contribution is -2.23. The Morgan fingerprint density at radius 2 is 1.93 bits per heavy atom. The maximum atomic E-state index is 11.9. The summed E-state index contributed by atoms with van der Waals surface area (Å²) in [6.07, 6.45) is 10.6. The number of carbonyl (C=O) groups is 1. The lowest BCUT2D eigenvalue weighted by atomic mass is 9.95. The predicted octanol–water partition coefficient (Wildman–Crippen LogP) is 5.84. The van der Waals surface area contributed by atoms with E-state index in [2.05, 4.69) is 22.8 Å². The number of aromatic nitrogens is 2. The molecule has 0 atom stereocenters. The number of carbonyl (C=O) groups excluding carboxylic acids is 1. The number of ether oxygens (including phenoxy) is 1. The second-order valence-electron chi connectivity index (χ2n) is 7.82. The maximum Gasteiger partial charge on any atom is 0.311 e. The summed E-state index contributed by atoms with van der Waals surface area (Å²) in [6.45, 7) is 2.07. The molecule has 5 nitrogen and oxygen atoms in total. The zero-order chi connectivity index (χ0) is 20.1. The van der Waals surface area contributed by atoms with Crippen molar-refractivity contribution >= 4 is 17.4 Å². The summed E-state index contributed by atoms with van der Waals surface area (Å²) in [7, 11) is 0. The van der Waals surface area contributed by atoms with Gasteiger partial charge >= 0.3 is 5.97 Å². The van der Waals surface area contributed by atoms with Crippen LogP contribution in [-0.4, -0.2) is 21.4 Å². The molecule has 1 aromatic carbocycles. The molecular weight excluding hydrogens is 362 g/mol. The van der Waals surface area contributed by atoms with E-state index < -0.39 is 0 Å². The normalized spacial score (nSPS) is 14.8. The smallest absolute Gasteiger partial charge is 0.311 e. The Kier molecular flexibility index (Phi) is 6.13. The number of hydrogen-bond acceptors (Lipinski definition) is 4. The first-order valence-corrected chi connectivity index (χ1v) is 10.8. The van der Waals surface area contributed by atoms with Crippen molar-refractivity contribution in [3.8, 4) is 17.0 Å². The van der Waals surface area contributed by atoms with Crippen LogP contribution in [0.25, 0.3) is 16.9 Å². The zero-order valence-electron chi connectivity index (χ0n) is 17.1. The Hall–Kier alpha value is -2.82. The first-order valence-electron chi connectivity index (χ1n) is 10.8. The number of esters is 1. The molecule has 4 rings (SSSR count). The van der Waals surface area contributed by atoms with Crippen LogP contribution in [0.2, 0.25) is 0 Å². The van der Waals surface area contributed by atoms with Crippen LogP contribution in [0.3, 0.4) is 0 Å². The van der Waals surface area contributed by atoms with Crippen molar-refractivity contribution in [2.75, 3.05) is 5.32 Å². The van der Waals surface area contributed by atoms with Crippen LogP contribution in [0.1, 0.15) is 58.3 Å². The minimum atomic E-state index is -0.174. The minimum Gasteiger partial charge on any atom is -0.427 e. The van der Waals surface area contributed by atoms with E-state index in [4.69, 9.17) is 9.72 Å². The molecule has 0 amide bonds. The van der Waals surface area contributed by atoms with Crippen molar-refractivity contribution in [3.63, 3.8) is 0 Å². The summed E-state index contributed by atoms with van der Waals surface area (Å²) < 4.78 is 7.57. The number of imidazole rings is 1. The predicted molar refractivity (Wildman–Crippen MR) is 116 cm³/mol. The fraction of sp³-hybridized carbons (Fsp3) is 0.417. The molecule has 0 radical (unpaired) electrons. The van der Waals surface area contributed by atoms with Gasteiger partial charge in [-0.05, 0) is 55.7 Å². The van der Waals surface area contributed by atoms with Gasteiger partial charge in [0.1, 0.15) is 22.9 Å². The Balaban J connectivity index is 1.59. The Labute approximate surface area is 172 Å². The number of anilines is 1. The molecule has 0 bridgehead atoms. The highest BCUT2D eigenvalue weighted by Crippen LogP contribution is 2.32. The molecule has 0 saturated heterocycles. The van der Waals surface area contributed by atoms with Gasteiger partial charge in [-0.15, -0.1) is 0 Å². The molecule has 2 heterocycles. The van der Waals surface area contributed by atoms with E-state index in [-0.39, 0.29) is 5.97 Å². The van der Waals surface area contributed by atoms with Crippen molar-refractivity contribution in [1.82, 2.24) is 9.38 Å². The molecule has 2 aromatic heterocycles. The second-order valence-corrected chi connectivity index (χ2v) is 7.82. The lowest BCUT2D eigenvalue weighted by molar-refractivity contribution is -0.134. The summed E-state index contributed by atoms with van der Waals surface area (Å²) in [6, 6.07) is 14.2. The maximum absolute atomic E-state index is 11.9. The summed E-state index contributed by atoms with van der Waals surface area (Å²) in [5.74, 6) is 1.45. The Bertz CT molecular complexity index is 956. The second kappa shape index (κ2) is 9.12. The fourth-order valence-electron chi connectivity index (χ4n) is 3.96. The van der Waals surface area contributed by atoms with E-state index in [0.717, 1.165) is 35.6 Å². The van der Waals surface area contributed by atoms with Crippen LogP contribution in [-0.2, 0) is 4.79 Å². The molecule has 0 spiro atoms. The number of nitrogens with one attached hydrogen (secondary N) is 1. The van der Waals surface area contributed by atoms with Gasteiger partial charge in [0.05, 0.1) is 0 Å². The van der Waals surface area contributed by atoms with Crippen LogP contribution in [0.15, 0.2) is 48.7 Å². The molecule has 0 unspecified atom stereocenters. The van der Waals surface area contributed by atoms with Crippen molar-refractivity contribution in [2.45, 2.75) is 64.3 Å². The van der Waals surface area contributed by atoms with Crippen LogP contribution < -0.4 is 10.1 Å². The largest absolute Gasteiger partial charge is 0.427 e. The molecular formula is C24H29N3O2. The van der Waals surface area contributed by atoms with E-state index in [1.54, 1.807) is 0 Å². The van der Waals surface area contributed by atoms with Crippen molar-refractivity contribution in [1.29, 1.82) is 0 Å². The third kappa shape index (κ3) is 4.61. The van der Waals surface area contributed by atoms with E-state index in [1.165, 1.54) is 32.1 Å². The number of benzene rings is 1. The SMILES string of the molecule is CCCCC(=O)Oc1ccc(-c2nc3ccccn3c2NC2CCCCC2)cc1. The molecule has 1 N–H and O–H groups in total. The Morgan fingerprint density at radius 3 is 2.69 bits per heavy atom. The number of rotatable bonds is 7. The first kappa shape index (κ1) is 19.5. The molecule has 29 heavy (non-hydrogen) atoms. The van der Waals surface area contributed by atoms with Crippen LogP contribution in [0.5, 0.6) is 5.75 Å². The monoisotopic (exact) mass is 391 g/mol. The van der Waals surface area contributed by atoms with Gasteiger partial charge in [0.15, 0.2) is 0 Å². The summed E-state index contributed by atoms with van der Waals surface area (Å²) in [4.78, 5) is 16.7. The number of unbranched alkanes of at least 4 members (excludes halogenated alkanes) is 1. The van der Waals surface area contributed by atoms with Gasteiger partial charge in [0, 0.05) is 24.2 Å². The average molecular weight is 392 g/mol. The van der Waals surface area contributed by atoms with Gasteiger partial charge in [0.25, 0.3) is 0 Å². The van der Waals surface area contributed by atoms with Crippen molar-refractivity contribution in [3.05, 3.63) is 48.7 Å². The summed E-state index contributed by atoms with van der Waals surface area (Å²) >= 11 is 0. The highest BCUT2D eigenvalue weighted by molar-refractivity contribution is 5.77. The number of fused-ring (bicyclic) bond motifs is 1. The topological polar surface area (TPSA) is 55.6 Å². The van der Waals surface area contributed by atoms with Crippen molar-refractivity contribution in [2.24, 2.45) is 0 Å². The standard InChI is InChI=1S/C24H29N3O2/c1-2-3-12-22(28)29-20-15-13-18(14-16-20)23-24(25-19-9-5-4-6-10-19)27-17-8-7-11-21(27)26-23/h7-8,11,13-17,19,25H,2-6,9-10,12H2,1H3. The Morgan fingerprint density at radius 1 is 1.14 bits per heavy atom. The molecule has 3 aromatic rings. The number of nitrogens with zero attached hydrogens (tertiary/aromatic N) is 2. The van der Waals surface area contributed by atoms with E-state index in [1.807, 2.05) is 42.5 Å². The highest BCUT2D eigenvalue weighted by Gasteiger charge is 2.19. The van der Waals surface area contributed by atoms with Crippen LogP contribution >= 0.6 is 0 Å². The summed E-state index contributed by atoms with van der Waals surface area (Å²) in [5, 5.41) is 3.76. The molecule has 1 saturated carbocycles. The molecule has 5 heteroatoms. The quantitative estimate of drug-likeness (QED) is 0.406. The summed E-state index contributed by atoms with van der Waals surface area (Å²) in [5.41, 5.74) is 2.88. The third-order valence-electron chi connectivity index (χ3n) is 5.57. The number of hydrogen-bond donors (Lipinski definition) is 1. The molecule has 1 fully saturated rings. The van der Waals surface area contributed by atoms with E-state index in [9.17, 15) is 4.79 Å². The molecule has 152 valence electrons. The molecule has 1 aliphatic carbocycles. The van der Waals surface area contributed by atoms with E-state index >= 15 is 0 Å². The van der Waals surface area contributed by atoms with Crippen molar-refractivity contribution < 1.29 is 9.53 Å².